The molecule has 166 valence electrons. The van der Waals surface area contributed by atoms with Gasteiger partial charge in [-0.15, -0.1) is 0 Å². The summed E-state index contributed by atoms with van der Waals surface area (Å²) in [4.78, 5) is 12.4. The van der Waals surface area contributed by atoms with E-state index in [1.54, 1.807) is 0 Å². The Morgan fingerprint density at radius 3 is 2.52 bits per heavy atom. The number of aryl methyl sites for hydroxylation is 1. The molecule has 2 aromatic carbocycles. The van der Waals surface area contributed by atoms with Gasteiger partial charge in [0.15, 0.2) is 0 Å². The summed E-state index contributed by atoms with van der Waals surface area (Å²) in [7, 11) is 1.98. The van der Waals surface area contributed by atoms with Crippen molar-refractivity contribution < 1.29 is 0 Å². The molecular weight excluding hydrogens is 382 g/mol. The van der Waals surface area contributed by atoms with Gasteiger partial charge < -0.3 is 10.6 Å². The van der Waals surface area contributed by atoms with Crippen molar-refractivity contribution in [3.63, 3.8) is 0 Å². The van der Waals surface area contributed by atoms with E-state index in [-0.39, 0.29) is 0 Å². The lowest BCUT2D eigenvalue weighted by molar-refractivity contribution is 0.176. The smallest absolute Gasteiger partial charge is 0.145 e. The van der Waals surface area contributed by atoms with Gasteiger partial charge in [-0.2, -0.15) is 0 Å². The molecule has 0 saturated carbocycles. The molecule has 0 aliphatic heterocycles. The Labute approximate surface area is 187 Å². The van der Waals surface area contributed by atoms with Gasteiger partial charge in [0, 0.05) is 24.5 Å². The van der Waals surface area contributed by atoms with E-state index in [1.807, 2.05) is 7.05 Å². The summed E-state index contributed by atoms with van der Waals surface area (Å²) >= 11 is 0. The molecule has 1 aromatic heterocycles. The van der Waals surface area contributed by atoms with Crippen LogP contribution >= 0.6 is 0 Å². The minimum Gasteiger partial charge on any atom is -0.369 e. The first kappa shape index (κ1) is 23.2. The van der Waals surface area contributed by atoms with E-state index in [4.69, 9.17) is 9.97 Å². The van der Waals surface area contributed by atoms with E-state index in [0.29, 0.717) is 6.04 Å². The third-order valence-corrected chi connectivity index (χ3v) is 5.85. The SMILES string of the molecule is CCCC(C)N(Cc1nc(NCCCNC)c2ccccc2n1)Cc1ccccc1C. The Hall–Kier alpha value is -2.50. The molecule has 0 aliphatic rings. The second-order valence-electron chi connectivity index (χ2n) is 8.36. The predicted molar refractivity (Wildman–Crippen MR) is 131 cm³/mol. The lowest BCUT2D eigenvalue weighted by Gasteiger charge is -2.29. The summed E-state index contributed by atoms with van der Waals surface area (Å²) in [6, 6.07) is 17.4. The zero-order chi connectivity index (χ0) is 22.1. The summed E-state index contributed by atoms with van der Waals surface area (Å²) < 4.78 is 0. The normalized spacial score (nSPS) is 12.4. The minimum atomic E-state index is 0.465. The van der Waals surface area contributed by atoms with Gasteiger partial charge in [-0.25, -0.2) is 9.97 Å². The van der Waals surface area contributed by atoms with Crippen LogP contribution in [-0.4, -0.2) is 41.0 Å². The second-order valence-corrected chi connectivity index (χ2v) is 8.36. The van der Waals surface area contributed by atoms with Crippen molar-refractivity contribution in [3.05, 3.63) is 65.5 Å². The van der Waals surface area contributed by atoms with E-state index >= 15 is 0 Å². The maximum absolute atomic E-state index is 4.96. The van der Waals surface area contributed by atoms with Gasteiger partial charge in [0.2, 0.25) is 0 Å². The van der Waals surface area contributed by atoms with Crippen LogP contribution in [0.2, 0.25) is 0 Å². The molecule has 0 amide bonds. The monoisotopic (exact) mass is 419 g/mol. The van der Waals surface area contributed by atoms with Crippen LogP contribution in [-0.2, 0) is 13.1 Å². The third kappa shape index (κ3) is 6.49. The van der Waals surface area contributed by atoms with Crippen molar-refractivity contribution in [3.8, 4) is 0 Å². The van der Waals surface area contributed by atoms with Crippen LogP contribution in [0.15, 0.2) is 48.5 Å². The minimum absolute atomic E-state index is 0.465. The Balaban J connectivity index is 1.87. The van der Waals surface area contributed by atoms with E-state index in [9.17, 15) is 0 Å². The molecule has 0 saturated heterocycles. The summed E-state index contributed by atoms with van der Waals surface area (Å²) in [6.45, 7) is 10.3. The first-order valence-corrected chi connectivity index (χ1v) is 11.5. The topological polar surface area (TPSA) is 53.1 Å². The molecule has 31 heavy (non-hydrogen) atoms. The maximum Gasteiger partial charge on any atom is 0.145 e. The maximum atomic E-state index is 4.96. The lowest BCUT2D eigenvalue weighted by atomic mass is 10.1. The molecule has 3 rings (SSSR count). The zero-order valence-corrected chi connectivity index (χ0v) is 19.5. The lowest BCUT2D eigenvalue weighted by Crippen LogP contribution is -2.33. The Kier molecular flexibility index (Phi) is 8.80. The highest BCUT2D eigenvalue weighted by molar-refractivity contribution is 5.88. The highest BCUT2D eigenvalue weighted by Gasteiger charge is 2.18. The first-order valence-electron chi connectivity index (χ1n) is 11.5. The van der Waals surface area contributed by atoms with E-state index < -0.39 is 0 Å². The average molecular weight is 420 g/mol. The van der Waals surface area contributed by atoms with Crippen LogP contribution in [0.4, 0.5) is 5.82 Å². The van der Waals surface area contributed by atoms with Gasteiger partial charge in [-0.3, -0.25) is 4.90 Å². The van der Waals surface area contributed by atoms with Gasteiger partial charge in [0.25, 0.3) is 0 Å². The standard InChI is InChI=1S/C26H37N5/c1-5-11-21(3)31(18-22-13-7-6-12-20(22)2)19-25-29-24-15-9-8-14-23(24)26(30-25)28-17-10-16-27-4/h6-9,12-15,21,27H,5,10-11,16-19H2,1-4H3,(H,28,29,30). The van der Waals surface area contributed by atoms with Crippen LogP contribution in [0.25, 0.3) is 10.9 Å². The second kappa shape index (κ2) is 11.8. The number of para-hydroxylation sites is 1. The van der Waals surface area contributed by atoms with Crippen LogP contribution in [0.5, 0.6) is 0 Å². The molecule has 0 bridgehead atoms. The number of nitrogens with one attached hydrogen (secondary N) is 2. The largest absolute Gasteiger partial charge is 0.369 e. The highest BCUT2D eigenvalue weighted by Crippen LogP contribution is 2.22. The van der Waals surface area contributed by atoms with Crippen LogP contribution in [0.1, 0.15) is 50.1 Å². The van der Waals surface area contributed by atoms with Crippen molar-refractivity contribution in [2.75, 3.05) is 25.5 Å². The van der Waals surface area contributed by atoms with Crippen molar-refractivity contribution in [1.29, 1.82) is 0 Å². The molecule has 0 aliphatic carbocycles. The first-order chi connectivity index (χ1) is 15.1. The van der Waals surface area contributed by atoms with E-state index in [1.165, 1.54) is 17.5 Å². The summed E-state index contributed by atoms with van der Waals surface area (Å²) in [5.74, 6) is 1.82. The van der Waals surface area contributed by atoms with Crippen molar-refractivity contribution in [2.24, 2.45) is 0 Å². The van der Waals surface area contributed by atoms with Crippen LogP contribution < -0.4 is 10.6 Å². The van der Waals surface area contributed by atoms with Gasteiger partial charge >= 0.3 is 0 Å². The summed E-state index contributed by atoms with van der Waals surface area (Å²) in [6.07, 6.45) is 3.38. The number of anilines is 1. The van der Waals surface area contributed by atoms with Crippen molar-refractivity contribution in [2.45, 2.75) is 59.2 Å². The van der Waals surface area contributed by atoms with E-state index in [2.05, 4.69) is 84.8 Å². The predicted octanol–water partition coefficient (Wildman–Crippen LogP) is 5.15. The number of aromatic nitrogens is 2. The summed E-state index contributed by atoms with van der Waals surface area (Å²) in [5, 5.41) is 7.83. The number of benzene rings is 2. The van der Waals surface area contributed by atoms with Gasteiger partial charge in [-0.05, 0) is 63.5 Å². The number of nitrogens with zero attached hydrogens (tertiary/aromatic N) is 3. The number of hydrogen-bond acceptors (Lipinski definition) is 5. The van der Waals surface area contributed by atoms with E-state index in [0.717, 1.165) is 61.6 Å². The molecule has 1 atom stereocenters. The average Bonchev–Trinajstić information content (AvgIpc) is 2.77. The van der Waals surface area contributed by atoms with Crippen LogP contribution in [0, 0.1) is 6.92 Å². The van der Waals surface area contributed by atoms with Gasteiger partial charge in [-0.1, -0.05) is 49.7 Å². The van der Waals surface area contributed by atoms with Crippen molar-refractivity contribution >= 4 is 16.7 Å². The van der Waals surface area contributed by atoms with Gasteiger partial charge in [0.05, 0.1) is 12.1 Å². The molecule has 2 N–H and O–H groups in total. The number of rotatable bonds is 12. The number of fused-ring (bicyclic) bond motifs is 1. The fourth-order valence-corrected chi connectivity index (χ4v) is 3.96. The molecule has 0 radical (unpaired) electrons. The van der Waals surface area contributed by atoms with Crippen molar-refractivity contribution in [1.82, 2.24) is 20.2 Å². The quantitative estimate of drug-likeness (QED) is 0.398. The molecule has 1 unspecified atom stereocenters. The highest BCUT2D eigenvalue weighted by atomic mass is 15.2. The molecule has 1 heterocycles. The number of hydrogen-bond donors (Lipinski definition) is 2. The molecule has 0 fully saturated rings. The van der Waals surface area contributed by atoms with Crippen LogP contribution in [0.3, 0.4) is 0 Å². The molecule has 5 nitrogen and oxygen atoms in total. The zero-order valence-electron chi connectivity index (χ0n) is 19.5. The molecular formula is C26H37N5. The Morgan fingerprint density at radius 2 is 1.74 bits per heavy atom. The third-order valence-electron chi connectivity index (χ3n) is 5.85. The molecule has 0 spiro atoms. The Bertz CT molecular complexity index is 955. The fraction of sp³-hybridized carbons (Fsp3) is 0.462. The van der Waals surface area contributed by atoms with Gasteiger partial charge in [0.1, 0.15) is 11.6 Å². The summed E-state index contributed by atoms with van der Waals surface area (Å²) in [5.41, 5.74) is 3.71. The molecule has 3 aromatic rings. The fourth-order valence-electron chi connectivity index (χ4n) is 3.96. The molecule has 5 heteroatoms. The Morgan fingerprint density at radius 1 is 0.968 bits per heavy atom.